The number of nitrogens with one attached hydrogen (secondary N) is 1. The second-order valence-corrected chi connectivity index (χ2v) is 6.32. The zero-order valence-electron chi connectivity index (χ0n) is 9.56. The van der Waals surface area contributed by atoms with Gasteiger partial charge in [0.05, 0.1) is 0 Å². The molecule has 1 N–H and O–H groups in total. The summed E-state index contributed by atoms with van der Waals surface area (Å²) in [5.74, 6) is 0.904. The fourth-order valence-electron chi connectivity index (χ4n) is 2.65. The van der Waals surface area contributed by atoms with Crippen molar-refractivity contribution in [2.24, 2.45) is 5.92 Å². The lowest BCUT2D eigenvalue weighted by Crippen LogP contribution is -2.51. The van der Waals surface area contributed by atoms with E-state index in [0.29, 0.717) is 5.54 Å². The maximum atomic E-state index is 3.94. The lowest BCUT2D eigenvalue weighted by molar-refractivity contribution is 0.215. The van der Waals surface area contributed by atoms with Gasteiger partial charge in [-0.2, -0.15) is 0 Å². The molecule has 1 unspecified atom stereocenters. The molecule has 0 aromatic heterocycles. The summed E-state index contributed by atoms with van der Waals surface area (Å²) in [4.78, 5) is 2.52. The highest BCUT2D eigenvalue weighted by molar-refractivity contribution is 9.11. The predicted molar refractivity (Wildman–Crippen MR) is 68.3 cm³/mol. The molecule has 3 heteroatoms. The first-order valence-corrected chi connectivity index (χ1v) is 6.70. The Morgan fingerprint density at radius 1 is 1.60 bits per heavy atom. The van der Waals surface area contributed by atoms with E-state index >= 15 is 0 Å². The van der Waals surface area contributed by atoms with Crippen LogP contribution in [0.5, 0.6) is 0 Å². The maximum absolute atomic E-state index is 3.94. The number of rotatable bonds is 3. The second-order valence-electron chi connectivity index (χ2n) is 5.20. The standard InChI is InChI=1S/C12H21BrN2/c1-10(13)8-15-7-3-6-14-12(2,9-15)11-4-5-11/h11,14H,1,3-9H2,2H3. The Kier molecular flexibility index (Phi) is 3.53. The molecule has 0 amide bonds. The zero-order chi connectivity index (χ0) is 10.9. The minimum atomic E-state index is 0.346. The molecule has 0 bridgehead atoms. The van der Waals surface area contributed by atoms with E-state index in [1.54, 1.807) is 0 Å². The lowest BCUT2D eigenvalue weighted by Gasteiger charge is -2.33. The SMILES string of the molecule is C=C(Br)CN1CCCNC(C)(C2CC2)C1. The van der Waals surface area contributed by atoms with Gasteiger partial charge >= 0.3 is 0 Å². The maximum Gasteiger partial charge on any atom is 0.0308 e. The van der Waals surface area contributed by atoms with Crippen LogP contribution in [-0.2, 0) is 0 Å². The van der Waals surface area contributed by atoms with Crippen LogP contribution in [0.2, 0.25) is 0 Å². The third-order valence-corrected chi connectivity index (χ3v) is 3.86. The molecule has 1 heterocycles. The summed E-state index contributed by atoms with van der Waals surface area (Å²) in [6.07, 6.45) is 4.07. The molecule has 0 aromatic rings. The van der Waals surface area contributed by atoms with Gasteiger partial charge in [-0.05, 0) is 45.2 Å². The normalized spacial score (nSPS) is 33.7. The van der Waals surface area contributed by atoms with Crippen molar-refractivity contribution >= 4 is 15.9 Å². The summed E-state index contributed by atoms with van der Waals surface area (Å²) in [5.41, 5.74) is 0.346. The summed E-state index contributed by atoms with van der Waals surface area (Å²) in [6, 6.07) is 0. The second kappa shape index (κ2) is 4.56. The molecule has 2 rings (SSSR count). The Labute approximate surface area is 101 Å². The molecule has 2 nitrogen and oxygen atoms in total. The summed E-state index contributed by atoms with van der Waals surface area (Å²) >= 11 is 3.47. The van der Waals surface area contributed by atoms with Gasteiger partial charge < -0.3 is 5.32 Å². The van der Waals surface area contributed by atoms with Gasteiger partial charge in [0.25, 0.3) is 0 Å². The summed E-state index contributed by atoms with van der Waals surface area (Å²) in [7, 11) is 0. The molecule has 0 radical (unpaired) electrons. The highest BCUT2D eigenvalue weighted by atomic mass is 79.9. The monoisotopic (exact) mass is 272 g/mol. The van der Waals surface area contributed by atoms with Gasteiger partial charge in [-0.3, -0.25) is 4.90 Å². The molecule has 2 fully saturated rings. The molecule has 2 aliphatic rings. The van der Waals surface area contributed by atoms with Gasteiger partial charge in [-0.15, -0.1) is 0 Å². The molecule has 1 atom stereocenters. The van der Waals surface area contributed by atoms with Crippen molar-refractivity contribution in [1.29, 1.82) is 0 Å². The molecule has 0 aromatic carbocycles. The van der Waals surface area contributed by atoms with Gasteiger partial charge in [0.2, 0.25) is 0 Å². The Morgan fingerprint density at radius 3 is 2.93 bits per heavy atom. The van der Waals surface area contributed by atoms with E-state index < -0.39 is 0 Å². The quantitative estimate of drug-likeness (QED) is 0.849. The van der Waals surface area contributed by atoms with Gasteiger partial charge in [-0.1, -0.05) is 22.5 Å². The Hall–Kier alpha value is 0.140. The van der Waals surface area contributed by atoms with Crippen molar-refractivity contribution in [3.05, 3.63) is 11.1 Å². The number of halogens is 1. The smallest absolute Gasteiger partial charge is 0.0308 e. The van der Waals surface area contributed by atoms with Crippen molar-refractivity contribution in [1.82, 2.24) is 10.2 Å². The van der Waals surface area contributed by atoms with E-state index in [0.717, 1.165) is 23.5 Å². The van der Waals surface area contributed by atoms with Crippen molar-refractivity contribution in [3.8, 4) is 0 Å². The van der Waals surface area contributed by atoms with Gasteiger partial charge in [0.15, 0.2) is 0 Å². The van der Waals surface area contributed by atoms with Crippen LogP contribution >= 0.6 is 15.9 Å². The molecule has 15 heavy (non-hydrogen) atoms. The fourth-order valence-corrected chi connectivity index (χ4v) is 3.00. The van der Waals surface area contributed by atoms with Crippen LogP contribution in [0.25, 0.3) is 0 Å². The number of nitrogens with zero attached hydrogens (tertiary/aromatic N) is 1. The first kappa shape index (κ1) is 11.6. The van der Waals surface area contributed by atoms with E-state index in [-0.39, 0.29) is 0 Å². The van der Waals surface area contributed by atoms with Crippen LogP contribution in [0.15, 0.2) is 11.1 Å². The topological polar surface area (TPSA) is 15.3 Å². The summed E-state index contributed by atoms with van der Waals surface area (Å²) in [5, 5.41) is 3.74. The predicted octanol–water partition coefficient (Wildman–Crippen LogP) is 2.36. The van der Waals surface area contributed by atoms with E-state index in [9.17, 15) is 0 Å². The highest BCUT2D eigenvalue weighted by Gasteiger charge is 2.42. The Bertz CT molecular complexity index is 250. The molecule has 86 valence electrons. The van der Waals surface area contributed by atoms with Gasteiger partial charge in [0, 0.05) is 23.1 Å². The minimum absolute atomic E-state index is 0.346. The lowest BCUT2D eigenvalue weighted by atomic mass is 9.95. The Morgan fingerprint density at radius 2 is 2.33 bits per heavy atom. The largest absolute Gasteiger partial charge is 0.310 e. The third-order valence-electron chi connectivity index (χ3n) is 3.61. The average molecular weight is 273 g/mol. The number of hydrogen-bond donors (Lipinski definition) is 1. The number of hydrogen-bond acceptors (Lipinski definition) is 2. The molecule has 1 aliphatic carbocycles. The molecule has 1 saturated heterocycles. The van der Waals surface area contributed by atoms with Crippen molar-refractivity contribution in [2.45, 2.75) is 31.7 Å². The van der Waals surface area contributed by atoms with E-state index in [1.165, 1.54) is 32.4 Å². The average Bonchev–Trinajstić information content (AvgIpc) is 2.91. The van der Waals surface area contributed by atoms with Crippen LogP contribution in [0.3, 0.4) is 0 Å². The van der Waals surface area contributed by atoms with Crippen LogP contribution < -0.4 is 5.32 Å². The van der Waals surface area contributed by atoms with Crippen LogP contribution in [0.1, 0.15) is 26.2 Å². The van der Waals surface area contributed by atoms with E-state index in [1.807, 2.05) is 0 Å². The third kappa shape index (κ3) is 3.05. The molecule has 1 saturated carbocycles. The summed E-state index contributed by atoms with van der Waals surface area (Å²) < 4.78 is 1.10. The zero-order valence-corrected chi connectivity index (χ0v) is 11.1. The van der Waals surface area contributed by atoms with Gasteiger partial charge in [-0.25, -0.2) is 0 Å². The van der Waals surface area contributed by atoms with E-state index in [4.69, 9.17) is 0 Å². The molecular formula is C12H21BrN2. The Balaban J connectivity index is 1.98. The van der Waals surface area contributed by atoms with Crippen molar-refractivity contribution < 1.29 is 0 Å². The highest BCUT2D eigenvalue weighted by Crippen LogP contribution is 2.40. The van der Waals surface area contributed by atoms with Gasteiger partial charge in [0.1, 0.15) is 0 Å². The van der Waals surface area contributed by atoms with Crippen LogP contribution in [-0.4, -0.2) is 36.6 Å². The van der Waals surface area contributed by atoms with Crippen LogP contribution in [0.4, 0.5) is 0 Å². The fraction of sp³-hybridized carbons (Fsp3) is 0.833. The molecule has 0 spiro atoms. The molecular weight excluding hydrogens is 252 g/mol. The van der Waals surface area contributed by atoms with E-state index in [2.05, 4.69) is 39.6 Å². The molecule has 1 aliphatic heterocycles. The first-order chi connectivity index (χ1) is 7.10. The van der Waals surface area contributed by atoms with Crippen molar-refractivity contribution in [2.75, 3.05) is 26.2 Å². The van der Waals surface area contributed by atoms with Crippen LogP contribution in [0, 0.1) is 5.92 Å². The summed E-state index contributed by atoms with van der Waals surface area (Å²) in [6.45, 7) is 10.8. The first-order valence-electron chi connectivity index (χ1n) is 5.91. The van der Waals surface area contributed by atoms with Crippen molar-refractivity contribution in [3.63, 3.8) is 0 Å². The minimum Gasteiger partial charge on any atom is -0.310 e.